The Morgan fingerprint density at radius 2 is 1.81 bits per heavy atom. The average Bonchev–Trinajstić information content (AvgIpc) is 3.34. The molecule has 0 unspecified atom stereocenters. The first-order chi connectivity index (χ1) is 17.5. The number of hydrogen-bond donors (Lipinski definition) is 2. The highest BCUT2D eigenvalue weighted by atomic mass is 32.2. The molecule has 2 aromatic heterocycles. The lowest BCUT2D eigenvalue weighted by Gasteiger charge is -2.10. The van der Waals surface area contributed by atoms with Crippen molar-refractivity contribution in [1.82, 2.24) is 14.8 Å². The number of esters is 1. The molecule has 0 aliphatic rings. The SMILES string of the molecule is Cc1c(C(N)=O)sc(NC(=O)CSc2nnc(COc3ccc(C(C)C)cc3)n2C)c1C(=O)OC(C)C. The Kier molecular flexibility index (Phi) is 9.33. The van der Waals surface area contributed by atoms with E-state index >= 15 is 0 Å². The lowest BCUT2D eigenvalue weighted by Crippen LogP contribution is -2.18. The summed E-state index contributed by atoms with van der Waals surface area (Å²) in [6.45, 7) is 9.52. The van der Waals surface area contributed by atoms with Crippen molar-refractivity contribution in [3.8, 4) is 5.75 Å². The van der Waals surface area contributed by atoms with Gasteiger partial charge in [0.05, 0.1) is 22.3 Å². The van der Waals surface area contributed by atoms with Gasteiger partial charge in [-0.3, -0.25) is 9.59 Å². The second-order valence-corrected chi connectivity index (χ2v) is 10.8. The standard InChI is InChI=1S/C25H31N5O5S2/c1-13(2)16-7-9-17(10-8-16)34-11-18-28-29-25(30(18)6)36-12-19(31)27-23-20(24(33)35-14(3)4)15(5)21(37-23)22(26)32/h7-10,13-14H,11-12H2,1-6H3,(H2,26,32)(H,27,31). The van der Waals surface area contributed by atoms with Crippen molar-refractivity contribution in [2.24, 2.45) is 12.8 Å². The van der Waals surface area contributed by atoms with Crippen LogP contribution in [-0.4, -0.2) is 44.4 Å². The lowest BCUT2D eigenvalue weighted by atomic mass is 10.0. The first kappa shape index (κ1) is 28.2. The highest BCUT2D eigenvalue weighted by Crippen LogP contribution is 2.34. The zero-order chi connectivity index (χ0) is 27.3. The third-order valence-corrected chi connectivity index (χ3v) is 7.58. The molecule has 0 atom stereocenters. The van der Waals surface area contributed by atoms with Crippen molar-refractivity contribution in [2.45, 2.75) is 58.4 Å². The summed E-state index contributed by atoms with van der Waals surface area (Å²) in [5.41, 5.74) is 7.18. The van der Waals surface area contributed by atoms with E-state index in [0.717, 1.165) is 17.1 Å². The van der Waals surface area contributed by atoms with Gasteiger partial charge in [-0.2, -0.15) is 0 Å². The summed E-state index contributed by atoms with van der Waals surface area (Å²) < 4.78 is 12.9. The number of thiophene rings is 1. The average molecular weight is 546 g/mol. The number of aromatic nitrogens is 3. The van der Waals surface area contributed by atoms with Gasteiger partial charge in [0, 0.05) is 7.05 Å². The first-order valence-corrected chi connectivity index (χ1v) is 13.5. The molecule has 1 aromatic carbocycles. The molecule has 198 valence electrons. The number of benzene rings is 1. The molecule has 10 nitrogen and oxygen atoms in total. The van der Waals surface area contributed by atoms with E-state index < -0.39 is 11.9 Å². The summed E-state index contributed by atoms with van der Waals surface area (Å²) in [5, 5.41) is 11.8. The number of carbonyl (C=O) groups is 3. The van der Waals surface area contributed by atoms with E-state index in [0.29, 0.717) is 22.5 Å². The summed E-state index contributed by atoms with van der Waals surface area (Å²) in [7, 11) is 1.79. The number of primary amides is 1. The Morgan fingerprint density at radius 1 is 1.14 bits per heavy atom. The maximum Gasteiger partial charge on any atom is 0.341 e. The number of carbonyl (C=O) groups excluding carboxylic acids is 3. The largest absolute Gasteiger partial charge is 0.486 e. The van der Waals surface area contributed by atoms with Gasteiger partial charge >= 0.3 is 5.97 Å². The van der Waals surface area contributed by atoms with E-state index in [9.17, 15) is 14.4 Å². The molecular formula is C25H31N5O5S2. The molecule has 2 heterocycles. The number of nitrogens with two attached hydrogens (primary N) is 1. The zero-order valence-corrected chi connectivity index (χ0v) is 23.3. The Labute approximate surface area is 223 Å². The van der Waals surface area contributed by atoms with E-state index in [-0.39, 0.29) is 39.8 Å². The van der Waals surface area contributed by atoms with Crippen LogP contribution in [0.2, 0.25) is 0 Å². The van der Waals surface area contributed by atoms with Crippen LogP contribution < -0.4 is 15.8 Å². The number of nitrogens with zero attached hydrogens (tertiary/aromatic N) is 3. The van der Waals surface area contributed by atoms with E-state index in [4.69, 9.17) is 15.2 Å². The van der Waals surface area contributed by atoms with Gasteiger partial charge in [0.1, 0.15) is 17.4 Å². The molecule has 2 amide bonds. The maximum absolute atomic E-state index is 12.7. The van der Waals surface area contributed by atoms with Crippen LogP contribution in [-0.2, 0) is 23.2 Å². The number of thioether (sulfide) groups is 1. The van der Waals surface area contributed by atoms with E-state index in [1.807, 2.05) is 24.3 Å². The molecule has 0 saturated heterocycles. The molecule has 0 spiro atoms. The minimum absolute atomic E-state index is 0.00498. The Hall–Kier alpha value is -3.38. The zero-order valence-electron chi connectivity index (χ0n) is 21.7. The third-order valence-electron chi connectivity index (χ3n) is 5.34. The van der Waals surface area contributed by atoms with E-state index in [1.54, 1.807) is 32.4 Å². The summed E-state index contributed by atoms with van der Waals surface area (Å²) in [6, 6.07) is 7.91. The number of rotatable bonds is 11. The number of hydrogen-bond acceptors (Lipinski definition) is 9. The molecule has 3 N–H and O–H groups in total. The smallest absolute Gasteiger partial charge is 0.341 e. The minimum Gasteiger partial charge on any atom is -0.486 e. The van der Waals surface area contributed by atoms with Gasteiger partial charge < -0.3 is 25.1 Å². The lowest BCUT2D eigenvalue weighted by molar-refractivity contribution is -0.113. The fourth-order valence-electron chi connectivity index (χ4n) is 3.34. The van der Waals surface area contributed by atoms with Crippen molar-refractivity contribution in [1.29, 1.82) is 0 Å². The molecule has 3 rings (SSSR count). The second-order valence-electron chi connectivity index (χ2n) is 8.89. The maximum atomic E-state index is 12.7. The molecule has 0 saturated carbocycles. The summed E-state index contributed by atoms with van der Waals surface area (Å²) in [5.74, 6) is 0.0944. The van der Waals surface area contributed by atoms with Crippen molar-refractivity contribution < 1.29 is 23.9 Å². The summed E-state index contributed by atoms with van der Waals surface area (Å²) in [4.78, 5) is 37.3. The quantitative estimate of drug-likeness (QED) is 0.269. The molecule has 12 heteroatoms. The van der Waals surface area contributed by atoms with Crippen molar-refractivity contribution in [2.75, 3.05) is 11.1 Å². The minimum atomic E-state index is -0.680. The molecule has 0 bridgehead atoms. The fourth-order valence-corrected chi connectivity index (χ4v) is 5.13. The Morgan fingerprint density at radius 3 is 2.41 bits per heavy atom. The van der Waals surface area contributed by atoms with Crippen LogP contribution in [0.15, 0.2) is 29.4 Å². The van der Waals surface area contributed by atoms with Crippen LogP contribution in [0, 0.1) is 6.92 Å². The van der Waals surface area contributed by atoms with Crippen molar-refractivity contribution >= 4 is 45.9 Å². The van der Waals surface area contributed by atoms with E-state index in [1.165, 1.54) is 17.3 Å². The molecular weight excluding hydrogens is 514 g/mol. The Balaban J connectivity index is 1.62. The van der Waals surface area contributed by atoms with Gasteiger partial charge in [-0.1, -0.05) is 37.7 Å². The first-order valence-electron chi connectivity index (χ1n) is 11.7. The number of anilines is 1. The van der Waals surface area contributed by atoms with Crippen LogP contribution in [0.4, 0.5) is 5.00 Å². The van der Waals surface area contributed by atoms with E-state index in [2.05, 4.69) is 29.4 Å². The van der Waals surface area contributed by atoms with Gasteiger partial charge in [0.2, 0.25) is 5.91 Å². The molecule has 0 aliphatic carbocycles. The van der Waals surface area contributed by atoms with Crippen LogP contribution in [0.1, 0.15) is 70.6 Å². The van der Waals surface area contributed by atoms with Crippen LogP contribution in [0.3, 0.4) is 0 Å². The van der Waals surface area contributed by atoms with Crippen LogP contribution in [0.25, 0.3) is 0 Å². The molecule has 0 fully saturated rings. The highest BCUT2D eigenvalue weighted by Gasteiger charge is 2.26. The van der Waals surface area contributed by atoms with Gasteiger partial charge in [-0.25, -0.2) is 4.79 Å². The van der Waals surface area contributed by atoms with Crippen molar-refractivity contribution in [3.63, 3.8) is 0 Å². The third kappa shape index (κ3) is 7.10. The van der Waals surface area contributed by atoms with Gasteiger partial charge in [-0.05, 0) is 49.9 Å². The molecule has 0 aliphatic heterocycles. The van der Waals surface area contributed by atoms with Gasteiger partial charge in [0.25, 0.3) is 5.91 Å². The highest BCUT2D eigenvalue weighted by molar-refractivity contribution is 7.99. The molecule has 0 radical (unpaired) electrons. The monoisotopic (exact) mass is 545 g/mol. The Bertz CT molecular complexity index is 1280. The second kappa shape index (κ2) is 12.2. The normalized spacial score (nSPS) is 11.1. The predicted octanol–water partition coefficient (Wildman–Crippen LogP) is 4.28. The van der Waals surface area contributed by atoms with Crippen LogP contribution >= 0.6 is 23.1 Å². The molecule has 3 aromatic rings. The van der Waals surface area contributed by atoms with Crippen molar-refractivity contribution in [3.05, 3.63) is 51.7 Å². The topological polar surface area (TPSA) is 138 Å². The number of amides is 2. The summed E-state index contributed by atoms with van der Waals surface area (Å²) >= 11 is 2.13. The summed E-state index contributed by atoms with van der Waals surface area (Å²) in [6.07, 6.45) is -0.364. The fraction of sp³-hybridized carbons (Fsp3) is 0.400. The molecule has 37 heavy (non-hydrogen) atoms. The van der Waals surface area contributed by atoms with Gasteiger partial charge in [0.15, 0.2) is 11.0 Å². The number of ether oxygens (including phenoxy) is 2. The van der Waals surface area contributed by atoms with Crippen LogP contribution in [0.5, 0.6) is 5.75 Å². The number of nitrogens with one attached hydrogen (secondary N) is 1. The van der Waals surface area contributed by atoms with Gasteiger partial charge in [-0.15, -0.1) is 21.5 Å². The predicted molar refractivity (Wildman–Crippen MR) is 143 cm³/mol.